The van der Waals surface area contributed by atoms with E-state index in [0.717, 1.165) is 21.6 Å². The highest BCUT2D eigenvalue weighted by atomic mass is 32.1. The van der Waals surface area contributed by atoms with Crippen LogP contribution in [0.5, 0.6) is 0 Å². The Balaban J connectivity index is 2.07. The van der Waals surface area contributed by atoms with Gasteiger partial charge in [0.05, 0.1) is 13.1 Å². The van der Waals surface area contributed by atoms with E-state index in [9.17, 15) is 4.79 Å². The van der Waals surface area contributed by atoms with Gasteiger partial charge in [0.25, 0.3) is 5.91 Å². The van der Waals surface area contributed by atoms with Gasteiger partial charge in [-0.1, -0.05) is 30.0 Å². The topological polar surface area (TPSA) is 46.3 Å². The molecule has 1 amide bonds. The largest absolute Gasteiger partial charge is 0.337 e. The lowest BCUT2D eigenvalue weighted by Crippen LogP contribution is -2.26. The number of nitrogens with zero attached hydrogens (tertiary/aromatic N) is 1. The van der Waals surface area contributed by atoms with E-state index < -0.39 is 0 Å². The second kappa shape index (κ2) is 7.07. The van der Waals surface area contributed by atoms with Gasteiger partial charge in [-0.2, -0.15) is 0 Å². The number of rotatable bonds is 3. The van der Waals surface area contributed by atoms with Crippen molar-refractivity contribution < 1.29 is 4.79 Å². The Hall–Kier alpha value is -2.09. The fraction of sp³-hybridized carbons (Fsp3) is 0.235. The molecule has 3 nitrogen and oxygen atoms in total. The van der Waals surface area contributed by atoms with Crippen molar-refractivity contribution in [3.8, 4) is 11.8 Å². The molecule has 21 heavy (non-hydrogen) atoms. The van der Waals surface area contributed by atoms with Gasteiger partial charge in [0.1, 0.15) is 0 Å². The number of carbonyl (C=O) groups excluding carboxylic acids is 1. The summed E-state index contributed by atoms with van der Waals surface area (Å²) in [7, 11) is 1.82. The maximum absolute atomic E-state index is 12.4. The zero-order valence-corrected chi connectivity index (χ0v) is 13.0. The van der Waals surface area contributed by atoms with Gasteiger partial charge >= 0.3 is 0 Å². The molecule has 0 spiro atoms. The normalized spacial score (nSPS) is 9.86. The molecule has 0 aliphatic heterocycles. The molecular formula is C17H18N2OS. The van der Waals surface area contributed by atoms with E-state index in [-0.39, 0.29) is 5.91 Å². The van der Waals surface area contributed by atoms with Crippen molar-refractivity contribution in [2.75, 3.05) is 13.6 Å². The highest BCUT2D eigenvalue weighted by molar-refractivity contribution is 7.10. The summed E-state index contributed by atoms with van der Waals surface area (Å²) in [5, 5.41) is 1.99. The summed E-state index contributed by atoms with van der Waals surface area (Å²) < 4.78 is 0. The summed E-state index contributed by atoms with van der Waals surface area (Å²) in [6.07, 6.45) is 0. The summed E-state index contributed by atoms with van der Waals surface area (Å²) in [6.45, 7) is 2.89. The Labute approximate surface area is 129 Å². The lowest BCUT2D eigenvalue weighted by atomic mass is 10.1. The van der Waals surface area contributed by atoms with Gasteiger partial charge in [0, 0.05) is 28.4 Å². The Morgan fingerprint density at radius 2 is 2.14 bits per heavy atom. The summed E-state index contributed by atoms with van der Waals surface area (Å²) in [5.41, 5.74) is 8.06. The standard InChI is InChI=1S/C17H18N2OS/c1-13-6-3-4-8-16(13)17(20)19(2)11-15-10-14(12-21-15)7-5-9-18/h3-4,6,8,10,12H,9,11,18H2,1-2H3. The van der Waals surface area contributed by atoms with Crippen LogP contribution in [0.1, 0.15) is 26.4 Å². The van der Waals surface area contributed by atoms with Crippen molar-refractivity contribution in [1.82, 2.24) is 4.90 Å². The van der Waals surface area contributed by atoms with Crippen LogP contribution >= 0.6 is 11.3 Å². The number of hydrogen-bond donors (Lipinski definition) is 1. The SMILES string of the molecule is Cc1ccccc1C(=O)N(C)Cc1cc(C#CCN)cs1. The highest BCUT2D eigenvalue weighted by Gasteiger charge is 2.14. The van der Waals surface area contributed by atoms with E-state index in [0.29, 0.717) is 13.1 Å². The third-order valence-corrected chi connectivity index (χ3v) is 4.03. The van der Waals surface area contributed by atoms with Crippen LogP contribution in [0.25, 0.3) is 0 Å². The van der Waals surface area contributed by atoms with Crippen LogP contribution in [-0.2, 0) is 6.54 Å². The molecule has 1 aromatic heterocycles. The Kier molecular flexibility index (Phi) is 5.15. The van der Waals surface area contributed by atoms with Crippen molar-refractivity contribution in [3.63, 3.8) is 0 Å². The molecule has 2 N–H and O–H groups in total. The van der Waals surface area contributed by atoms with Crippen molar-refractivity contribution in [1.29, 1.82) is 0 Å². The number of hydrogen-bond acceptors (Lipinski definition) is 3. The zero-order chi connectivity index (χ0) is 15.2. The summed E-state index contributed by atoms with van der Waals surface area (Å²) >= 11 is 1.61. The minimum atomic E-state index is 0.0380. The first-order valence-corrected chi connectivity index (χ1v) is 7.57. The smallest absolute Gasteiger partial charge is 0.254 e. The van der Waals surface area contributed by atoms with E-state index in [2.05, 4.69) is 11.8 Å². The van der Waals surface area contributed by atoms with Gasteiger partial charge < -0.3 is 10.6 Å². The predicted molar refractivity (Wildman–Crippen MR) is 87.2 cm³/mol. The van der Waals surface area contributed by atoms with E-state index >= 15 is 0 Å². The minimum absolute atomic E-state index is 0.0380. The Morgan fingerprint density at radius 3 is 2.86 bits per heavy atom. The van der Waals surface area contributed by atoms with Gasteiger partial charge in [-0.3, -0.25) is 4.79 Å². The summed E-state index contributed by atoms with van der Waals surface area (Å²) in [5.74, 6) is 5.87. The predicted octanol–water partition coefficient (Wildman–Crippen LogP) is 2.64. The van der Waals surface area contributed by atoms with E-state index in [1.54, 1.807) is 16.2 Å². The third kappa shape index (κ3) is 3.94. The molecular weight excluding hydrogens is 280 g/mol. The van der Waals surface area contributed by atoms with Gasteiger partial charge in [0.15, 0.2) is 0 Å². The molecule has 0 aliphatic rings. The number of amides is 1. The van der Waals surface area contributed by atoms with Crippen LogP contribution in [-0.4, -0.2) is 24.4 Å². The molecule has 0 bridgehead atoms. The number of thiophene rings is 1. The Morgan fingerprint density at radius 1 is 1.38 bits per heavy atom. The monoisotopic (exact) mass is 298 g/mol. The van der Waals surface area contributed by atoms with Gasteiger partial charge in [0.2, 0.25) is 0 Å². The van der Waals surface area contributed by atoms with Gasteiger partial charge in [-0.05, 0) is 24.6 Å². The second-order valence-corrected chi connectivity index (χ2v) is 5.78. The molecule has 0 fully saturated rings. The summed E-state index contributed by atoms with van der Waals surface area (Å²) in [6, 6.07) is 9.65. The Bertz CT molecular complexity index is 694. The molecule has 108 valence electrons. The average molecular weight is 298 g/mol. The molecule has 2 rings (SSSR count). The molecule has 1 heterocycles. The average Bonchev–Trinajstić information content (AvgIpc) is 2.92. The first kappa shape index (κ1) is 15.3. The van der Waals surface area contributed by atoms with Crippen molar-refractivity contribution in [2.45, 2.75) is 13.5 Å². The number of aryl methyl sites for hydroxylation is 1. The maximum atomic E-state index is 12.4. The van der Waals surface area contributed by atoms with Gasteiger partial charge in [-0.15, -0.1) is 11.3 Å². The summed E-state index contributed by atoms with van der Waals surface area (Å²) in [4.78, 5) is 15.3. The van der Waals surface area contributed by atoms with Crippen molar-refractivity contribution in [3.05, 3.63) is 57.3 Å². The minimum Gasteiger partial charge on any atom is -0.337 e. The maximum Gasteiger partial charge on any atom is 0.254 e. The molecule has 0 radical (unpaired) electrons. The van der Waals surface area contributed by atoms with Crippen LogP contribution in [0.4, 0.5) is 0 Å². The van der Waals surface area contributed by atoms with Crippen molar-refractivity contribution in [2.24, 2.45) is 5.73 Å². The third-order valence-electron chi connectivity index (χ3n) is 3.10. The van der Waals surface area contributed by atoms with Crippen LogP contribution in [0.3, 0.4) is 0 Å². The molecule has 0 aliphatic carbocycles. The van der Waals surface area contributed by atoms with Gasteiger partial charge in [-0.25, -0.2) is 0 Å². The first-order chi connectivity index (χ1) is 10.1. The molecule has 0 unspecified atom stereocenters. The quantitative estimate of drug-likeness (QED) is 0.886. The van der Waals surface area contributed by atoms with Crippen LogP contribution < -0.4 is 5.73 Å². The molecule has 1 aromatic carbocycles. The molecule has 2 aromatic rings. The fourth-order valence-electron chi connectivity index (χ4n) is 2.01. The number of nitrogens with two attached hydrogens (primary N) is 1. The number of benzene rings is 1. The van der Waals surface area contributed by atoms with Crippen LogP contribution in [0, 0.1) is 18.8 Å². The molecule has 4 heteroatoms. The molecule has 0 saturated carbocycles. The fourth-order valence-corrected chi connectivity index (χ4v) is 2.87. The lowest BCUT2D eigenvalue weighted by molar-refractivity contribution is 0.0785. The first-order valence-electron chi connectivity index (χ1n) is 6.69. The van der Waals surface area contributed by atoms with E-state index in [1.165, 1.54) is 0 Å². The second-order valence-electron chi connectivity index (χ2n) is 4.78. The lowest BCUT2D eigenvalue weighted by Gasteiger charge is -2.17. The molecule has 0 saturated heterocycles. The zero-order valence-electron chi connectivity index (χ0n) is 12.2. The highest BCUT2D eigenvalue weighted by Crippen LogP contribution is 2.17. The molecule has 0 atom stereocenters. The van der Waals surface area contributed by atoms with E-state index in [4.69, 9.17) is 5.73 Å². The van der Waals surface area contributed by atoms with Crippen LogP contribution in [0.15, 0.2) is 35.7 Å². The number of carbonyl (C=O) groups is 1. The van der Waals surface area contributed by atoms with Crippen molar-refractivity contribution >= 4 is 17.2 Å². The van der Waals surface area contributed by atoms with E-state index in [1.807, 2.05) is 49.7 Å². The van der Waals surface area contributed by atoms with Crippen LogP contribution in [0.2, 0.25) is 0 Å².